The number of hydrogen-bond donors (Lipinski definition) is 0. The van der Waals surface area contributed by atoms with Crippen molar-refractivity contribution >= 4 is 53.1 Å². The van der Waals surface area contributed by atoms with Gasteiger partial charge < -0.3 is 4.74 Å². The molecule has 0 aliphatic carbocycles. The van der Waals surface area contributed by atoms with Gasteiger partial charge in [-0.05, 0) is 49.2 Å². The van der Waals surface area contributed by atoms with Crippen LogP contribution in [0, 0.1) is 3.95 Å². The van der Waals surface area contributed by atoms with Crippen LogP contribution in [-0.4, -0.2) is 51.9 Å². The maximum atomic E-state index is 12.1. The lowest BCUT2D eigenvalue weighted by molar-refractivity contribution is -0.143. The quantitative estimate of drug-likeness (QED) is 0.427. The standard InChI is InChI=1S/C16H15N3O4S3/c1-25-15-17-19(16(24)26-15)11-6-4-10(5-7-11)14(22)23-9-13(21)18-8-2-3-12(18)20/h4-7H,2-3,8-9H2,1H3. The molecule has 0 unspecified atom stereocenters. The van der Waals surface area contributed by atoms with Crippen LogP contribution >= 0.6 is 35.3 Å². The molecule has 0 atom stereocenters. The summed E-state index contributed by atoms with van der Waals surface area (Å²) in [6, 6.07) is 6.59. The Hall–Kier alpha value is -2.04. The van der Waals surface area contributed by atoms with Crippen LogP contribution in [0.1, 0.15) is 23.2 Å². The van der Waals surface area contributed by atoms with Gasteiger partial charge in [0.2, 0.25) is 5.91 Å². The first kappa shape index (κ1) is 18.7. The first-order valence-corrected chi connectivity index (χ1v) is 10.2. The first-order valence-electron chi connectivity index (χ1n) is 7.74. The Bertz CT molecular complexity index is 904. The second-order valence-corrected chi connectivity index (χ2v) is 8.09. The number of benzene rings is 1. The molecule has 136 valence electrons. The van der Waals surface area contributed by atoms with Gasteiger partial charge in [-0.25, -0.2) is 9.48 Å². The number of esters is 1. The lowest BCUT2D eigenvalue weighted by Gasteiger charge is -2.13. The number of carbonyl (C=O) groups excluding carboxylic acids is 3. The summed E-state index contributed by atoms with van der Waals surface area (Å²) in [7, 11) is 0. The molecule has 2 amide bonds. The fourth-order valence-electron chi connectivity index (χ4n) is 2.45. The van der Waals surface area contributed by atoms with E-state index >= 15 is 0 Å². The molecule has 1 aromatic heterocycles. The van der Waals surface area contributed by atoms with Crippen molar-refractivity contribution in [3.05, 3.63) is 33.8 Å². The number of likely N-dealkylation sites (tertiary alicyclic amines) is 1. The molecule has 1 aliphatic rings. The molecule has 7 nitrogen and oxygen atoms in total. The average Bonchev–Trinajstić information content (AvgIpc) is 3.25. The molecule has 1 saturated heterocycles. The van der Waals surface area contributed by atoms with Crippen molar-refractivity contribution in [3.8, 4) is 5.69 Å². The summed E-state index contributed by atoms with van der Waals surface area (Å²) in [4.78, 5) is 36.6. The maximum Gasteiger partial charge on any atom is 0.338 e. The maximum absolute atomic E-state index is 12.1. The van der Waals surface area contributed by atoms with Crippen molar-refractivity contribution in [1.29, 1.82) is 0 Å². The molecule has 1 fully saturated rings. The Morgan fingerprint density at radius 3 is 2.65 bits per heavy atom. The zero-order valence-corrected chi connectivity index (χ0v) is 16.3. The molecular formula is C16H15N3O4S3. The van der Waals surface area contributed by atoms with Gasteiger partial charge in [-0.3, -0.25) is 14.5 Å². The molecule has 3 rings (SSSR count). The monoisotopic (exact) mass is 409 g/mol. The highest BCUT2D eigenvalue weighted by molar-refractivity contribution is 8.00. The number of ether oxygens (including phenoxy) is 1. The van der Waals surface area contributed by atoms with E-state index in [1.54, 1.807) is 28.9 Å². The molecule has 10 heteroatoms. The highest BCUT2D eigenvalue weighted by atomic mass is 32.2. The summed E-state index contributed by atoms with van der Waals surface area (Å²) in [5.74, 6) is -1.33. The van der Waals surface area contributed by atoms with Gasteiger partial charge in [-0.1, -0.05) is 23.1 Å². The Morgan fingerprint density at radius 1 is 1.35 bits per heavy atom. The van der Waals surface area contributed by atoms with E-state index in [4.69, 9.17) is 17.0 Å². The number of amides is 2. The number of thioether (sulfide) groups is 1. The van der Waals surface area contributed by atoms with E-state index in [-0.39, 0.29) is 5.91 Å². The van der Waals surface area contributed by atoms with Crippen molar-refractivity contribution in [2.75, 3.05) is 19.4 Å². The molecule has 0 radical (unpaired) electrons. The van der Waals surface area contributed by atoms with E-state index in [1.807, 2.05) is 6.26 Å². The zero-order chi connectivity index (χ0) is 18.7. The molecule has 1 aromatic carbocycles. The van der Waals surface area contributed by atoms with E-state index in [9.17, 15) is 14.4 Å². The van der Waals surface area contributed by atoms with Crippen LogP contribution in [0.4, 0.5) is 0 Å². The second kappa shape index (κ2) is 8.11. The highest BCUT2D eigenvalue weighted by Gasteiger charge is 2.27. The predicted molar refractivity (Wildman–Crippen MR) is 100 cm³/mol. The number of hydrogen-bond acceptors (Lipinski definition) is 8. The van der Waals surface area contributed by atoms with Gasteiger partial charge in [0.05, 0.1) is 11.3 Å². The second-order valence-electron chi connectivity index (χ2n) is 5.42. The minimum Gasteiger partial charge on any atom is -0.452 e. The summed E-state index contributed by atoms with van der Waals surface area (Å²) in [6.07, 6.45) is 2.93. The Kier molecular flexibility index (Phi) is 5.84. The van der Waals surface area contributed by atoms with Gasteiger partial charge in [-0.15, -0.1) is 5.10 Å². The Morgan fingerprint density at radius 2 is 2.08 bits per heavy atom. The molecule has 0 spiro atoms. The van der Waals surface area contributed by atoms with Gasteiger partial charge in [0, 0.05) is 13.0 Å². The number of nitrogens with zero attached hydrogens (tertiary/aromatic N) is 3. The smallest absolute Gasteiger partial charge is 0.338 e. The van der Waals surface area contributed by atoms with Crippen LogP contribution in [0.3, 0.4) is 0 Å². The Balaban J connectivity index is 1.63. The lowest BCUT2D eigenvalue weighted by Crippen LogP contribution is -2.35. The van der Waals surface area contributed by atoms with Crippen LogP contribution in [-0.2, 0) is 14.3 Å². The molecule has 1 aliphatic heterocycles. The Labute approximate surface area is 163 Å². The minimum absolute atomic E-state index is 0.222. The summed E-state index contributed by atoms with van der Waals surface area (Å²) in [5.41, 5.74) is 1.04. The van der Waals surface area contributed by atoms with E-state index in [0.29, 0.717) is 28.9 Å². The van der Waals surface area contributed by atoms with Crippen LogP contribution in [0.25, 0.3) is 5.69 Å². The van der Waals surface area contributed by atoms with Crippen molar-refractivity contribution in [2.24, 2.45) is 0 Å². The van der Waals surface area contributed by atoms with Crippen molar-refractivity contribution in [1.82, 2.24) is 14.7 Å². The molecule has 2 aromatic rings. The highest BCUT2D eigenvalue weighted by Crippen LogP contribution is 2.22. The van der Waals surface area contributed by atoms with Gasteiger partial charge in [0.25, 0.3) is 5.91 Å². The third-order valence-corrected chi connectivity index (χ3v) is 5.96. The molecule has 0 bridgehead atoms. The molecule has 2 heterocycles. The van der Waals surface area contributed by atoms with E-state index in [0.717, 1.165) is 14.9 Å². The number of carbonyl (C=O) groups is 3. The van der Waals surface area contributed by atoms with Crippen LogP contribution in [0.15, 0.2) is 28.6 Å². The number of aromatic nitrogens is 2. The predicted octanol–water partition coefficient (Wildman–Crippen LogP) is 2.69. The first-order chi connectivity index (χ1) is 12.5. The number of rotatable bonds is 5. The van der Waals surface area contributed by atoms with Crippen molar-refractivity contribution in [2.45, 2.75) is 17.2 Å². The summed E-state index contributed by atoms with van der Waals surface area (Å²) < 4.78 is 8.11. The third kappa shape index (κ3) is 4.02. The minimum atomic E-state index is -0.622. The summed E-state index contributed by atoms with van der Waals surface area (Å²) >= 11 is 8.21. The van der Waals surface area contributed by atoms with Crippen LogP contribution < -0.4 is 0 Å². The molecule has 0 saturated carbocycles. The van der Waals surface area contributed by atoms with Gasteiger partial charge in [-0.2, -0.15) is 0 Å². The fourth-order valence-corrected chi connectivity index (χ4v) is 4.22. The number of imide groups is 1. The van der Waals surface area contributed by atoms with Gasteiger partial charge in [0.1, 0.15) is 0 Å². The summed E-state index contributed by atoms with van der Waals surface area (Å²) in [6.45, 7) is -0.0588. The fraction of sp³-hybridized carbons (Fsp3) is 0.312. The van der Waals surface area contributed by atoms with Crippen molar-refractivity contribution in [3.63, 3.8) is 0 Å². The van der Waals surface area contributed by atoms with Crippen LogP contribution in [0.2, 0.25) is 0 Å². The molecular weight excluding hydrogens is 394 g/mol. The molecule has 26 heavy (non-hydrogen) atoms. The lowest BCUT2D eigenvalue weighted by atomic mass is 10.2. The topological polar surface area (TPSA) is 81.5 Å². The van der Waals surface area contributed by atoms with Gasteiger partial charge >= 0.3 is 5.97 Å². The van der Waals surface area contributed by atoms with Crippen LogP contribution in [0.5, 0.6) is 0 Å². The summed E-state index contributed by atoms with van der Waals surface area (Å²) in [5, 5.41) is 4.38. The van der Waals surface area contributed by atoms with E-state index < -0.39 is 18.5 Å². The largest absolute Gasteiger partial charge is 0.452 e. The third-order valence-electron chi connectivity index (χ3n) is 3.75. The average molecular weight is 410 g/mol. The van der Waals surface area contributed by atoms with E-state index in [2.05, 4.69) is 5.10 Å². The SMILES string of the molecule is CSc1nn(-c2ccc(C(=O)OCC(=O)N3CCCC3=O)cc2)c(=S)s1. The van der Waals surface area contributed by atoms with Gasteiger partial charge in [0.15, 0.2) is 14.9 Å². The van der Waals surface area contributed by atoms with E-state index in [1.165, 1.54) is 23.1 Å². The molecule has 0 N–H and O–H groups in total. The zero-order valence-electron chi connectivity index (χ0n) is 13.8. The normalized spacial score (nSPS) is 13.9. The van der Waals surface area contributed by atoms with Crippen molar-refractivity contribution < 1.29 is 19.1 Å².